The van der Waals surface area contributed by atoms with Crippen molar-refractivity contribution in [3.8, 4) is 6.07 Å². The number of nitrogens with zero attached hydrogens (tertiary/aromatic N) is 1. The van der Waals surface area contributed by atoms with E-state index in [1.807, 2.05) is 12.1 Å². The number of hydrogen-bond donors (Lipinski definition) is 0. The van der Waals surface area contributed by atoms with E-state index in [4.69, 9.17) is 10.00 Å². The van der Waals surface area contributed by atoms with Crippen molar-refractivity contribution >= 4 is 0 Å². The summed E-state index contributed by atoms with van der Waals surface area (Å²) in [6.07, 6.45) is 16.5. The van der Waals surface area contributed by atoms with E-state index in [0.717, 1.165) is 63.5 Å². The second-order valence-corrected chi connectivity index (χ2v) is 8.13. The van der Waals surface area contributed by atoms with E-state index in [1.54, 1.807) is 12.1 Å². The predicted octanol–water partition coefficient (Wildman–Crippen LogP) is 6.45. The fourth-order valence-electron chi connectivity index (χ4n) is 4.47. The van der Waals surface area contributed by atoms with Crippen LogP contribution < -0.4 is 0 Å². The van der Waals surface area contributed by atoms with Crippen LogP contribution in [0.2, 0.25) is 0 Å². The summed E-state index contributed by atoms with van der Waals surface area (Å²) in [7, 11) is 0. The molecule has 150 valence electrons. The lowest BCUT2D eigenvalue weighted by Gasteiger charge is -2.32. The van der Waals surface area contributed by atoms with Gasteiger partial charge in [-0.05, 0) is 86.8 Å². The van der Waals surface area contributed by atoms with Gasteiger partial charge in [0.1, 0.15) is 0 Å². The Bertz CT molecular complexity index is 721. The molecule has 0 unspecified atom stereocenters. The monoisotopic (exact) mass is 385 g/mol. The Balaban J connectivity index is 1.35. The Morgan fingerprint density at radius 3 is 2.39 bits per heavy atom. The van der Waals surface area contributed by atoms with E-state index >= 15 is 0 Å². The fraction of sp³-hybridized carbons (Fsp3) is 0.542. The van der Waals surface area contributed by atoms with Crippen molar-refractivity contribution in [3.05, 3.63) is 59.7 Å². The highest BCUT2D eigenvalue weighted by Gasteiger charge is 2.25. The fourth-order valence-corrected chi connectivity index (χ4v) is 4.47. The molecule has 0 saturated heterocycles. The largest absolute Gasteiger partial charge is 0.378 e. The van der Waals surface area contributed by atoms with Crippen LogP contribution in [0.1, 0.15) is 62.8 Å². The van der Waals surface area contributed by atoms with Gasteiger partial charge in [-0.3, -0.25) is 0 Å². The summed E-state index contributed by atoms with van der Waals surface area (Å²) in [5.74, 6) is -0.00199. The topological polar surface area (TPSA) is 33.0 Å². The van der Waals surface area contributed by atoms with E-state index < -0.39 is 11.6 Å². The van der Waals surface area contributed by atoms with Crippen LogP contribution in [0.5, 0.6) is 0 Å². The smallest absolute Gasteiger partial charge is 0.159 e. The van der Waals surface area contributed by atoms with Crippen molar-refractivity contribution in [1.82, 2.24) is 0 Å². The van der Waals surface area contributed by atoms with E-state index in [2.05, 4.69) is 6.08 Å². The molecule has 0 aliphatic heterocycles. The van der Waals surface area contributed by atoms with Gasteiger partial charge in [0.15, 0.2) is 11.6 Å². The average Bonchev–Trinajstić information content (AvgIpc) is 2.73. The molecule has 0 atom stereocenters. The molecule has 0 amide bonds. The maximum absolute atomic E-state index is 13.5. The van der Waals surface area contributed by atoms with Gasteiger partial charge in [-0.25, -0.2) is 8.78 Å². The van der Waals surface area contributed by atoms with Crippen molar-refractivity contribution in [3.63, 3.8) is 0 Å². The van der Waals surface area contributed by atoms with E-state index in [9.17, 15) is 8.78 Å². The minimum Gasteiger partial charge on any atom is -0.378 e. The summed E-state index contributed by atoms with van der Waals surface area (Å²) in [5.41, 5.74) is 0.925. The number of benzene rings is 1. The Labute approximate surface area is 166 Å². The third-order valence-corrected chi connectivity index (χ3v) is 6.21. The average molecular weight is 385 g/mol. The van der Waals surface area contributed by atoms with Crippen LogP contribution in [-0.2, 0) is 4.74 Å². The van der Waals surface area contributed by atoms with Crippen LogP contribution in [0, 0.1) is 34.8 Å². The van der Waals surface area contributed by atoms with Gasteiger partial charge in [-0.1, -0.05) is 24.3 Å². The molecule has 3 rings (SSSR count). The first-order valence-electron chi connectivity index (χ1n) is 10.4. The van der Waals surface area contributed by atoms with Crippen LogP contribution in [0.3, 0.4) is 0 Å². The van der Waals surface area contributed by atoms with Gasteiger partial charge in [-0.15, -0.1) is 0 Å². The minimum atomic E-state index is -0.769. The summed E-state index contributed by atoms with van der Waals surface area (Å²) >= 11 is 0. The number of halogens is 2. The maximum atomic E-state index is 13.5. The molecule has 28 heavy (non-hydrogen) atoms. The van der Waals surface area contributed by atoms with Crippen LogP contribution in [0.25, 0.3) is 0 Å². The van der Waals surface area contributed by atoms with E-state index in [-0.39, 0.29) is 0 Å². The van der Waals surface area contributed by atoms with Crippen LogP contribution in [0.4, 0.5) is 8.78 Å². The number of nitriles is 1. The molecule has 0 N–H and O–H groups in total. The summed E-state index contributed by atoms with van der Waals surface area (Å²) in [6, 6.07) is 6.32. The zero-order valence-corrected chi connectivity index (χ0v) is 16.3. The zero-order chi connectivity index (χ0) is 19.8. The maximum Gasteiger partial charge on any atom is 0.159 e. The first kappa shape index (κ1) is 20.7. The van der Waals surface area contributed by atoms with Crippen molar-refractivity contribution < 1.29 is 13.5 Å². The Hall–Kier alpha value is -1.99. The molecule has 0 radical (unpaired) electrons. The summed E-state index contributed by atoms with van der Waals surface area (Å²) in [5, 5.41) is 8.48. The van der Waals surface area contributed by atoms with Crippen molar-refractivity contribution in [1.29, 1.82) is 5.26 Å². The van der Waals surface area contributed by atoms with Gasteiger partial charge in [0.2, 0.25) is 0 Å². The second-order valence-electron chi connectivity index (χ2n) is 8.13. The molecule has 2 aliphatic carbocycles. The lowest BCUT2D eigenvalue weighted by molar-refractivity contribution is -0.00457. The SMILES string of the molecule is N#C/C=C/C=C/C1CCC(OCC2CCC(c3ccc(F)c(F)c3)CC2)CC1. The normalized spacial score (nSPS) is 28.6. The van der Waals surface area contributed by atoms with Crippen molar-refractivity contribution in [2.45, 2.75) is 63.4 Å². The molecular formula is C24H29F2NO. The highest BCUT2D eigenvalue weighted by molar-refractivity contribution is 5.22. The van der Waals surface area contributed by atoms with Crippen molar-refractivity contribution in [2.24, 2.45) is 11.8 Å². The number of rotatable bonds is 6. The van der Waals surface area contributed by atoms with Crippen LogP contribution in [-0.4, -0.2) is 12.7 Å². The molecule has 2 saturated carbocycles. The van der Waals surface area contributed by atoms with Crippen LogP contribution in [0.15, 0.2) is 42.5 Å². The second kappa shape index (κ2) is 10.5. The summed E-state index contributed by atoms with van der Waals surface area (Å²) in [4.78, 5) is 0. The molecule has 0 heterocycles. The third kappa shape index (κ3) is 6.01. The molecule has 0 bridgehead atoms. The molecule has 0 spiro atoms. The van der Waals surface area contributed by atoms with Gasteiger partial charge in [0.25, 0.3) is 0 Å². The number of allylic oxidation sites excluding steroid dienone is 4. The first-order valence-corrected chi connectivity index (χ1v) is 10.4. The van der Waals surface area contributed by atoms with Gasteiger partial charge in [-0.2, -0.15) is 5.26 Å². The standard InChI is InChI=1S/C24H29F2NO/c25-23-14-11-21(16-24(23)26)20-9-5-19(6-10-20)17-28-22-12-7-18(8-13-22)4-2-1-3-15-27/h1-4,11,14,16,18-20,22H,5-10,12-13,17H2/b3-1+,4-2+. The van der Waals surface area contributed by atoms with Gasteiger partial charge in [0, 0.05) is 12.7 Å². The van der Waals surface area contributed by atoms with Gasteiger partial charge >= 0.3 is 0 Å². The Morgan fingerprint density at radius 2 is 1.71 bits per heavy atom. The Kier molecular flexibility index (Phi) is 7.80. The molecule has 1 aromatic rings. The zero-order valence-electron chi connectivity index (χ0n) is 16.3. The van der Waals surface area contributed by atoms with Gasteiger partial charge < -0.3 is 4.74 Å². The van der Waals surface area contributed by atoms with E-state index in [0.29, 0.717) is 23.9 Å². The minimum absolute atomic E-state index is 0.337. The van der Waals surface area contributed by atoms with Crippen LogP contribution >= 0.6 is 0 Å². The molecule has 2 fully saturated rings. The summed E-state index contributed by atoms with van der Waals surface area (Å²) in [6.45, 7) is 0.820. The van der Waals surface area contributed by atoms with Crippen molar-refractivity contribution in [2.75, 3.05) is 6.61 Å². The van der Waals surface area contributed by atoms with Gasteiger partial charge in [0.05, 0.1) is 12.2 Å². The van der Waals surface area contributed by atoms with E-state index in [1.165, 1.54) is 18.2 Å². The molecule has 0 aromatic heterocycles. The highest BCUT2D eigenvalue weighted by atomic mass is 19.2. The lowest BCUT2D eigenvalue weighted by atomic mass is 9.79. The number of hydrogen-bond acceptors (Lipinski definition) is 2. The number of ether oxygens (including phenoxy) is 1. The molecule has 4 heteroatoms. The molecule has 2 nitrogen and oxygen atoms in total. The third-order valence-electron chi connectivity index (χ3n) is 6.21. The predicted molar refractivity (Wildman–Crippen MR) is 107 cm³/mol. The summed E-state index contributed by atoms with van der Waals surface area (Å²) < 4.78 is 32.8. The Morgan fingerprint density at radius 1 is 0.964 bits per heavy atom. The highest BCUT2D eigenvalue weighted by Crippen LogP contribution is 2.37. The quantitative estimate of drug-likeness (QED) is 0.416. The first-order chi connectivity index (χ1) is 13.7. The molecular weight excluding hydrogens is 356 g/mol. The molecule has 1 aromatic carbocycles. The molecule has 2 aliphatic rings. The lowest BCUT2D eigenvalue weighted by Crippen LogP contribution is -2.25.